The van der Waals surface area contributed by atoms with Crippen LogP contribution in [0.1, 0.15) is 5.56 Å². The van der Waals surface area contributed by atoms with Gasteiger partial charge in [-0.05, 0) is 29.8 Å². The molecule has 1 saturated heterocycles. The number of anilines is 2. The zero-order valence-corrected chi connectivity index (χ0v) is 18.0. The van der Waals surface area contributed by atoms with Gasteiger partial charge in [-0.15, -0.1) is 0 Å². The van der Waals surface area contributed by atoms with Crippen LogP contribution in [-0.2, 0) is 26.1 Å². The van der Waals surface area contributed by atoms with Crippen molar-refractivity contribution in [3.8, 4) is 5.75 Å². The van der Waals surface area contributed by atoms with Crippen molar-refractivity contribution in [1.29, 1.82) is 0 Å². The number of benzene rings is 2. The largest absolute Gasteiger partial charge is 0.495 e. The Labute approximate surface area is 177 Å². The molecule has 162 valence electrons. The Hall–Kier alpha value is -2.78. The Bertz CT molecular complexity index is 957. The second-order valence-electron chi connectivity index (χ2n) is 6.98. The quantitative estimate of drug-likeness (QED) is 0.681. The number of carbonyl (C=O) groups is 1. The molecule has 30 heavy (non-hydrogen) atoms. The zero-order chi connectivity index (χ0) is 21.6. The van der Waals surface area contributed by atoms with Crippen molar-refractivity contribution in [2.45, 2.75) is 6.54 Å². The number of morpholine rings is 1. The minimum absolute atomic E-state index is 0.311. The van der Waals surface area contributed by atoms with Crippen molar-refractivity contribution in [3.05, 3.63) is 54.1 Å². The minimum Gasteiger partial charge on any atom is -0.495 e. The lowest BCUT2D eigenvalue weighted by Crippen LogP contribution is -2.40. The number of rotatable bonds is 8. The number of sulfonamides is 1. The number of hydrogen-bond acceptors (Lipinski definition) is 6. The number of nitrogens with zero attached hydrogens (tertiary/aromatic N) is 2. The van der Waals surface area contributed by atoms with E-state index in [1.807, 2.05) is 24.3 Å². The molecule has 0 atom stereocenters. The summed E-state index contributed by atoms with van der Waals surface area (Å²) >= 11 is 0. The maximum atomic E-state index is 12.5. The van der Waals surface area contributed by atoms with E-state index in [9.17, 15) is 13.2 Å². The Morgan fingerprint density at radius 2 is 1.80 bits per heavy atom. The molecular weight excluding hydrogens is 406 g/mol. The second-order valence-corrected chi connectivity index (χ2v) is 8.89. The van der Waals surface area contributed by atoms with E-state index in [2.05, 4.69) is 10.2 Å². The number of methoxy groups -OCH3 is 1. The summed E-state index contributed by atoms with van der Waals surface area (Å²) in [5.74, 6) is -0.0157. The van der Waals surface area contributed by atoms with Gasteiger partial charge >= 0.3 is 0 Å². The molecule has 1 amide bonds. The number of amides is 1. The predicted octanol–water partition coefficient (Wildman–Crippen LogP) is 1.61. The minimum atomic E-state index is -3.67. The average Bonchev–Trinajstić information content (AvgIpc) is 2.76. The third-order valence-electron chi connectivity index (χ3n) is 4.84. The first kappa shape index (κ1) is 21.9. The Kier molecular flexibility index (Phi) is 7.17. The molecule has 0 spiro atoms. The summed E-state index contributed by atoms with van der Waals surface area (Å²) in [5, 5.41) is 2.79. The first-order chi connectivity index (χ1) is 14.4. The van der Waals surface area contributed by atoms with Gasteiger partial charge in [0.25, 0.3) is 0 Å². The van der Waals surface area contributed by atoms with Crippen LogP contribution in [0.3, 0.4) is 0 Å². The number of nitrogens with one attached hydrogen (secondary N) is 1. The van der Waals surface area contributed by atoms with Crippen molar-refractivity contribution in [2.75, 3.05) is 55.4 Å². The van der Waals surface area contributed by atoms with E-state index in [1.54, 1.807) is 24.3 Å². The molecule has 8 nitrogen and oxygen atoms in total. The number of ether oxygens (including phenoxy) is 2. The molecule has 0 bridgehead atoms. The Balaban J connectivity index is 1.62. The predicted molar refractivity (Wildman–Crippen MR) is 117 cm³/mol. The fourth-order valence-electron chi connectivity index (χ4n) is 3.25. The number of para-hydroxylation sites is 2. The van der Waals surface area contributed by atoms with Crippen LogP contribution < -0.4 is 19.3 Å². The van der Waals surface area contributed by atoms with Crippen molar-refractivity contribution in [3.63, 3.8) is 0 Å². The van der Waals surface area contributed by atoms with E-state index in [-0.39, 0.29) is 6.54 Å². The summed E-state index contributed by atoms with van der Waals surface area (Å²) in [5.41, 5.74) is 2.38. The van der Waals surface area contributed by atoms with E-state index in [4.69, 9.17) is 9.47 Å². The van der Waals surface area contributed by atoms with Crippen LogP contribution in [-0.4, -0.2) is 60.5 Å². The molecule has 1 fully saturated rings. The van der Waals surface area contributed by atoms with Crippen LogP contribution in [0.2, 0.25) is 0 Å². The average molecular weight is 434 g/mol. The maximum absolute atomic E-state index is 12.5. The fraction of sp³-hybridized carbons (Fsp3) is 0.381. The van der Waals surface area contributed by atoms with E-state index in [0.29, 0.717) is 18.0 Å². The van der Waals surface area contributed by atoms with Gasteiger partial charge in [-0.25, -0.2) is 8.42 Å². The van der Waals surface area contributed by atoms with Gasteiger partial charge in [-0.2, -0.15) is 0 Å². The van der Waals surface area contributed by atoms with Gasteiger partial charge in [-0.1, -0.05) is 24.3 Å². The van der Waals surface area contributed by atoms with Gasteiger partial charge in [0.15, 0.2) is 0 Å². The lowest BCUT2D eigenvalue weighted by molar-refractivity contribution is -0.119. The SMILES string of the molecule is COc1ccccc1N(CC(=O)NCc1ccc(N2CCOCC2)cc1)S(C)(=O)=O. The van der Waals surface area contributed by atoms with Gasteiger partial charge in [0.1, 0.15) is 12.3 Å². The summed E-state index contributed by atoms with van der Waals surface area (Å²) in [7, 11) is -2.21. The summed E-state index contributed by atoms with van der Waals surface area (Å²) in [4.78, 5) is 14.7. The van der Waals surface area contributed by atoms with Crippen molar-refractivity contribution >= 4 is 27.3 Å². The third kappa shape index (κ3) is 5.64. The molecule has 2 aromatic rings. The van der Waals surface area contributed by atoms with Crippen LogP contribution in [0.5, 0.6) is 5.75 Å². The molecule has 3 rings (SSSR count). The van der Waals surface area contributed by atoms with Crippen LogP contribution in [0, 0.1) is 0 Å². The van der Waals surface area contributed by atoms with Gasteiger partial charge in [0.05, 0.1) is 32.3 Å². The molecule has 0 aromatic heterocycles. The first-order valence-electron chi connectivity index (χ1n) is 9.67. The van der Waals surface area contributed by atoms with Crippen molar-refractivity contribution < 1.29 is 22.7 Å². The summed E-state index contributed by atoms with van der Waals surface area (Å²) in [6.07, 6.45) is 1.07. The van der Waals surface area contributed by atoms with Crippen LogP contribution in [0.15, 0.2) is 48.5 Å². The topological polar surface area (TPSA) is 88.2 Å². The maximum Gasteiger partial charge on any atom is 0.241 e. The Morgan fingerprint density at radius 3 is 2.43 bits per heavy atom. The van der Waals surface area contributed by atoms with Crippen molar-refractivity contribution in [2.24, 2.45) is 0 Å². The highest BCUT2D eigenvalue weighted by Gasteiger charge is 2.23. The normalized spacial score (nSPS) is 14.3. The number of carbonyl (C=O) groups excluding carboxylic acids is 1. The van der Waals surface area contributed by atoms with E-state index in [0.717, 1.165) is 48.1 Å². The van der Waals surface area contributed by atoms with E-state index < -0.39 is 15.9 Å². The van der Waals surface area contributed by atoms with Crippen LogP contribution >= 0.6 is 0 Å². The molecule has 0 unspecified atom stereocenters. The highest BCUT2D eigenvalue weighted by Crippen LogP contribution is 2.29. The van der Waals surface area contributed by atoms with Gasteiger partial charge in [-0.3, -0.25) is 9.10 Å². The first-order valence-corrected chi connectivity index (χ1v) is 11.5. The standard InChI is InChI=1S/C21H27N3O5S/c1-28-20-6-4-3-5-19(20)24(30(2,26)27)16-21(25)22-15-17-7-9-18(10-8-17)23-11-13-29-14-12-23/h3-10H,11-16H2,1-2H3,(H,22,25). The monoisotopic (exact) mass is 433 g/mol. The second kappa shape index (κ2) is 9.82. The zero-order valence-electron chi connectivity index (χ0n) is 17.2. The Morgan fingerprint density at radius 1 is 1.13 bits per heavy atom. The molecule has 1 N–H and O–H groups in total. The molecule has 1 aliphatic rings. The molecule has 0 saturated carbocycles. The fourth-order valence-corrected chi connectivity index (χ4v) is 4.11. The summed E-state index contributed by atoms with van der Waals surface area (Å²) < 4.78 is 36.2. The van der Waals surface area contributed by atoms with E-state index in [1.165, 1.54) is 7.11 Å². The third-order valence-corrected chi connectivity index (χ3v) is 5.97. The molecule has 1 heterocycles. The van der Waals surface area contributed by atoms with Gasteiger partial charge in [0, 0.05) is 25.3 Å². The molecule has 1 aliphatic heterocycles. The molecular formula is C21H27N3O5S. The molecule has 9 heteroatoms. The highest BCUT2D eigenvalue weighted by molar-refractivity contribution is 7.92. The molecule has 0 radical (unpaired) electrons. The lowest BCUT2D eigenvalue weighted by Gasteiger charge is -2.29. The molecule has 2 aromatic carbocycles. The van der Waals surface area contributed by atoms with Crippen LogP contribution in [0.25, 0.3) is 0 Å². The van der Waals surface area contributed by atoms with Crippen molar-refractivity contribution in [1.82, 2.24) is 5.32 Å². The van der Waals surface area contributed by atoms with Crippen LogP contribution in [0.4, 0.5) is 11.4 Å². The van der Waals surface area contributed by atoms with Gasteiger partial charge in [0.2, 0.25) is 15.9 Å². The summed E-state index contributed by atoms with van der Waals surface area (Å²) in [6, 6.07) is 14.7. The number of hydrogen-bond donors (Lipinski definition) is 1. The van der Waals surface area contributed by atoms with E-state index >= 15 is 0 Å². The summed E-state index contributed by atoms with van der Waals surface area (Å²) in [6.45, 7) is 3.15. The lowest BCUT2D eigenvalue weighted by atomic mass is 10.2. The highest BCUT2D eigenvalue weighted by atomic mass is 32.2. The smallest absolute Gasteiger partial charge is 0.241 e. The van der Waals surface area contributed by atoms with Gasteiger partial charge < -0.3 is 19.7 Å². The molecule has 0 aliphatic carbocycles.